The van der Waals surface area contributed by atoms with Gasteiger partial charge in [-0.05, 0) is 19.9 Å². The number of hydrogen-bond donors (Lipinski definition) is 1. The zero-order valence-electron chi connectivity index (χ0n) is 10.00. The second kappa shape index (κ2) is 4.96. The van der Waals surface area contributed by atoms with Crippen molar-refractivity contribution in [1.29, 1.82) is 0 Å². The zero-order chi connectivity index (χ0) is 12.4. The number of aryl methyl sites for hydroxylation is 1. The molecule has 0 aromatic heterocycles. The summed E-state index contributed by atoms with van der Waals surface area (Å²) in [6.07, 6.45) is 0.784. The van der Waals surface area contributed by atoms with E-state index in [9.17, 15) is 4.79 Å². The quantitative estimate of drug-likeness (QED) is 0.823. The predicted octanol–water partition coefficient (Wildman–Crippen LogP) is 2.56. The van der Waals surface area contributed by atoms with E-state index in [4.69, 9.17) is 16.3 Å². The first-order valence-corrected chi connectivity index (χ1v) is 6.19. The first kappa shape index (κ1) is 12.2. The van der Waals surface area contributed by atoms with Crippen molar-refractivity contribution in [2.75, 3.05) is 6.61 Å². The van der Waals surface area contributed by atoms with Crippen LogP contribution in [0.5, 0.6) is 5.75 Å². The van der Waals surface area contributed by atoms with Crippen molar-refractivity contribution in [2.45, 2.75) is 31.7 Å². The Bertz CT molecular complexity index is 431. The molecule has 1 heterocycles. The van der Waals surface area contributed by atoms with Gasteiger partial charge in [-0.25, -0.2) is 0 Å². The van der Waals surface area contributed by atoms with Gasteiger partial charge in [-0.15, -0.1) is 11.6 Å². The van der Waals surface area contributed by atoms with E-state index in [0.29, 0.717) is 6.61 Å². The van der Waals surface area contributed by atoms with Gasteiger partial charge in [0.05, 0.1) is 12.6 Å². The van der Waals surface area contributed by atoms with Gasteiger partial charge in [0.1, 0.15) is 11.1 Å². The van der Waals surface area contributed by atoms with Gasteiger partial charge >= 0.3 is 0 Å². The molecular formula is C13H16ClNO2. The van der Waals surface area contributed by atoms with Crippen molar-refractivity contribution >= 4 is 17.5 Å². The maximum Gasteiger partial charge on any atom is 0.238 e. The molecule has 92 valence electrons. The summed E-state index contributed by atoms with van der Waals surface area (Å²) in [5.41, 5.74) is 2.20. The highest BCUT2D eigenvalue weighted by Crippen LogP contribution is 2.32. The van der Waals surface area contributed by atoms with Gasteiger partial charge < -0.3 is 10.1 Å². The van der Waals surface area contributed by atoms with Gasteiger partial charge in [-0.2, -0.15) is 0 Å². The van der Waals surface area contributed by atoms with Gasteiger partial charge in [0.2, 0.25) is 5.91 Å². The number of fused-ring (bicyclic) bond motifs is 1. The van der Waals surface area contributed by atoms with Crippen molar-refractivity contribution in [1.82, 2.24) is 5.32 Å². The molecule has 1 aromatic rings. The largest absolute Gasteiger partial charge is 0.493 e. The second-order valence-electron chi connectivity index (χ2n) is 4.36. The Labute approximate surface area is 106 Å². The SMILES string of the molecule is Cc1ccc2c(c1)C(NC(=O)C(C)Cl)CCO2. The van der Waals surface area contributed by atoms with Crippen molar-refractivity contribution < 1.29 is 9.53 Å². The molecule has 0 saturated heterocycles. The van der Waals surface area contributed by atoms with Crippen molar-refractivity contribution in [3.8, 4) is 5.75 Å². The average molecular weight is 254 g/mol. The lowest BCUT2D eigenvalue weighted by Crippen LogP contribution is -2.35. The Balaban J connectivity index is 2.22. The minimum absolute atomic E-state index is 0.00681. The van der Waals surface area contributed by atoms with E-state index < -0.39 is 5.38 Å². The standard InChI is InChI=1S/C13H16ClNO2/c1-8-3-4-12-10(7-8)11(5-6-17-12)15-13(16)9(2)14/h3-4,7,9,11H,5-6H2,1-2H3,(H,15,16). The Morgan fingerprint density at radius 1 is 1.59 bits per heavy atom. The minimum atomic E-state index is -0.508. The van der Waals surface area contributed by atoms with Crippen LogP contribution >= 0.6 is 11.6 Å². The van der Waals surface area contributed by atoms with Crippen LogP contribution in [0.3, 0.4) is 0 Å². The number of hydrogen-bond acceptors (Lipinski definition) is 2. The summed E-state index contributed by atoms with van der Waals surface area (Å²) in [4.78, 5) is 11.6. The number of halogens is 1. The van der Waals surface area contributed by atoms with Crippen LogP contribution in [0.1, 0.15) is 30.5 Å². The Hall–Kier alpha value is -1.22. The van der Waals surface area contributed by atoms with E-state index in [1.165, 1.54) is 0 Å². The fourth-order valence-electron chi connectivity index (χ4n) is 1.95. The molecule has 2 rings (SSSR count). The summed E-state index contributed by atoms with van der Waals surface area (Å²) < 4.78 is 5.57. The van der Waals surface area contributed by atoms with E-state index >= 15 is 0 Å². The Morgan fingerprint density at radius 2 is 2.35 bits per heavy atom. The number of benzene rings is 1. The lowest BCUT2D eigenvalue weighted by atomic mass is 9.98. The number of carbonyl (C=O) groups is 1. The van der Waals surface area contributed by atoms with E-state index in [0.717, 1.165) is 23.3 Å². The van der Waals surface area contributed by atoms with Crippen LogP contribution in [0.25, 0.3) is 0 Å². The van der Waals surface area contributed by atoms with Crippen LogP contribution in [0.15, 0.2) is 18.2 Å². The first-order chi connectivity index (χ1) is 8.08. The molecule has 3 nitrogen and oxygen atoms in total. The van der Waals surface area contributed by atoms with E-state index in [-0.39, 0.29) is 11.9 Å². The fourth-order valence-corrected chi connectivity index (χ4v) is 2.01. The van der Waals surface area contributed by atoms with Crippen LogP contribution in [-0.4, -0.2) is 17.9 Å². The maximum atomic E-state index is 11.6. The lowest BCUT2D eigenvalue weighted by Gasteiger charge is -2.27. The van der Waals surface area contributed by atoms with Gasteiger partial charge in [-0.1, -0.05) is 17.7 Å². The number of alkyl halides is 1. The summed E-state index contributed by atoms with van der Waals surface area (Å²) in [5, 5.41) is 2.44. The number of nitrogens with one attached hydrogen (secondary N) is 1. The van der Waals surface area contributed by atoms with Crippen molar-refractivity contribution in [2.24, 2.45) is 0 Å². The third kappa shape index (κ3) is 2.72. The molecule has 1 aromatic carbocycles. The van der Waals surface area contributed by atoms with E-state index in [2.05, 4.69) is 11.4 Å². The molecule has 1 amide bonds. The van der Waals surface area contributed by atoms with Crippen LogP contribution in [0, 0.1) is 6.92 Å². The lowest BCUT2D eigenvalue weighted by molar-refractivity contribution is -0.121. The molecule has 0 bridgehead atoms. The Morgan fingerprint density at radius 3 is 3.06 bits per heavy atom. The molecule has 0 radical (unpaired) electrons. The highest BCUT2D eigenvalue weighted by Gasteiger charge is 2.24. The first-order valence-electron chi connectivity index (χ1n) is 5.75. The molecular weight excluding hydrogens is 238 g/mol. The van der Waals surface area contributed by atoms with Gasteiger partial charge in [0.25, 0.3) is 0 Å². The summed E-state index contributed by atoms with van der Waals surface area (Å²) >= 11 is 5.76. The molecule has 2 atom stereocenters. The summed E-state index contributed by atoms with van der Waals surface area (Å²) in [5.74, 6) is 0.723. The molecule has 0 aliphatic carbocycles. The monoisotopic (exact) mass is 253 g/mol. The number of amides is 1. The van der Waals surface area contributed by atoms with Crippen LogP contribution < -0.4 is 10.1 Å². The number of carbonyl (C=O) groups excluding carboxylic acids is 1. The third-order valence-corrected chi connectivity index (χ3v) is 3.08. The van der Waals surface area contributed by atoms with Gasteiger partial charge in [-0.3, -0.25) is 4.79 Å². The zero-order valence-corrected chi connectivity index (χ0v) is 10.8. The summed E-state index contributed by atoms with van der Waals surface area (Å²) in [7, 11) is 0. The molecule has 2 unspecified atom stereocenters. The minimum Gasteiger partial charge on any atom is -0.493 e. The molecule has 0 spiro atoms. The van der Waals surface area contributed by atoms with Crippen LogP contribution in [0.2, 0.25) is 0 Å². The average Bonchev–Trinajstić information content (AvgIpc) is 2.29. The number of ether oxygens (including phenoxy) is 1. The third-order valence-electron chi connectivity index (χ3n) is 2.88. The van der Waals surface area contributed by atoms with Crippen LogP contribution in [0.4, 0.5) is 0 Å². The predicted molar refractivity (Wildman–Crippen MR) is 67.5 cm³/mol. The van der Waals surface area contributed by atoms with E-state index in [1.807, 2.05) is 19.1 Å². The molecule has 17 heavy (non-hydrogen) atoms. The maximum absolute atomic E-state index is 11.6. The molecule has 1 N–H and O–H groups in total. The topological polar surface area (TPSA) is 38.3 Å². The summed E-state index contributed by atoms with van der Waals surface area (Å²) in [6, 6.07) is 6.02. The van der Waals surface area contributed by atoms with Crippen molar-refractivity contribution in [3.05, 3.63) is 29.3 Å². The smallest absolute Gasteiger partial charge is 0.238 e. The van der Waals surface area contributed by atoms with Gasteiger partial charge in [0, 0.05) is 12.0 Å². The normalized spacial score (nSPS) is 20.1. The molecule has 1 aliphatic heterocycles. The van der Waals surface area contributed by atoms with Crippen molar-refractivity contribution in [3.63, 3.8) is 0 Å². The summed E-state index contributed by atoms with van der Waals surface area (Å²) in [6.45, 7) is 4.32. The molecule has 0 fully saturated rings. The van der Waals surface area contributed by atoms with Crippen LogP contribution in [-0.2, 0) is 4.79 Å². The number of rotatable bonds is 2. The van der Waals surface area contributed by atoms with Gasteiger partial charge in [0.15, 0.2) is 0 Å². The molecule has 1 aliphatic rings. The fraction of sp³-hybridized carbons (Fsp3) is 0.462. The highest BCUT2D eigenvalue weighted by atomic mass is 35.5. The molecule has 4 heteroatoms. The van der Waals surface area contributed by atoms with E-state index in [1.54, 1.807) is 6.92 Å². The highest BCUT2D eigenvalue weighted by molar-refractivity contribution is 6.30. The molecule has 0 saturated carbocycles. The Kier molecular flexibility index (Phi) is 3.57. The second-order valence-corrected chi connectivity index (χ2v) is 5.01.